The van der Waals surface area contributed by atoms with Crippen molar-refractivity contribution in [3.05, 3.63) is 140 Å². The zero-order valence-corrected chi connectivity index (χ0v) is 19.8. The highest BCUT2D eigenvalue weighted by Gasteiger charge is 2.30. The number of carboxylic acids is 1. The van der Waals surface area contributed by atoms with E-state index in [0.29, 0.717) is 33.9 Å². The standard InChI is InChI=1S/C27H20N8O3/c28-34-31-20-11-9-18(10-12-20)17-30-25-14-13-23(27(36)37)26(38-33-21-6-2-1-3-7-21)24(25)16-19-5-4-8-22(15-19)32-35-29/h1-17,26,33H,(H,36,37). The van der Waals surface area contributed by atoms with Crippen LogP contribution in [0.1, 0.15) is 11.1 Å². The fourth-order valence-electron chi connectivity index (χ4n) is 3.60. The Morgan fingerprint density at radius 2 is 1.63 bits per heavy atom. The summed E-state index contributed by atoms with van der Waals surface area (Å²) in [4.78, 5) is 28.2. The number of anilines is 1. The minimum absolute atomic E-state index is 0.00329. The van der Waals surface area contributed by atoms with E-state index in [4.69, 9.17) is 15.9 Å². The molecule has 0 fully saturated rings. The van der Waals surface area contributed by atoms with Crippen LogP contribution in [-0.4, -0.2) is 23.4 Å². The Morgan fingerprint density at radius 1 is 0.895 bits per heavy atom. The lowest BCUT2D eigenvalue weighted by molar-refractivity contribution is -0.133. The third-order valence-corrected chi connectivity index (χ3v) is 5.36. The van der Waals surface area contributed by atoms with Crippen LogP contribution in [0.15, 0.2) is 123 Å². The van der Waals surface area contributed by atoms with Crippen molar-refractivity contribution < 1.29 is 14.7 Å². The molecule has 11 nitrogen and oxygen atoms in total. The molecule has 0 heterocycles. The molecule has 38 heavy (non-hydrogen) atoms. The molecule has 3 aromatic rings. The Kier molecular flexibility index (Phi) is 8.31. The fourth-order valence-corrected chi connectivity index (χ4v) is 3.60. The summed E-state index contributed by atoms with van der Waals surface area (Å²) in [6.45, 7) is 0. The fraction of sp³-hybridized carbons (Fsp3) is 0.0370. The first-order valence-corrected chi connectivity index (χ1v) is 11.3. The van der Waals surface area contributed by atoms with E-state index in [1.54, 1.807) is 79.0 Å². The van der Waals surface area contributed by atoms with E-state index < -0.39 is 12.1 Å². The number of benzene rings is 3. The molecule has 0 aliphatic heterocycles. The second kappa shape index (κ2) is 12.4. The lowest BCUT2D eigenvalue weighted by Crippen LogP contribution is -2.28. The zero-order chi connectivity index (χ0) is 26.7. The van der Waals surface area contributed by atoms with Gasteiger partial charge in [0.15, 0.2) is 0 Å². The highest BCUT2D eigenvalue weighted by Crippen LogP contribution is 2.32. The van der Waals surface area contributed by atoms with Gasteiger partial charge in [-0.3, -0.25) is 15.3 Å². The van der Waals surface area contributed by atoms with Gasteiger partial charge in [0.25, 0.3) is 0 Å². The Labute approximate surface area is 216 Å². The number of carboxylic acid groups (broad SMARTS) is 1. The molecule has 0 bridgehead atoms. The first-order chi connectivity index (χ1) is 18.6. The second-order valence-corrected chi connectivity index (χ2v) is 7.87. The van der Waals surface area contributed by atoms with Crippen LogP contribution in [0.2, 0.25) is 0 Å². The lowest BCUT2D eigenvalue weighted by Gasteiger charge is -2.25. The van der Waals surface area contributed by atoms with E-state index >= 15 is 0 Å². The molecule has 0 spiro atoms. The summed E-state index contributed by atoms with van der Waals surface area (Å²) in [7, 11) is 0. The number of nitrogens with zero attached hydrogens (tertiary/aromatic N) is 7. The van der Waals surface area contributed by atoms with E-state index in [0.717, 1.165) is 5.56 Å². The van der Waals surface area contributed by atoms with Gasteiger partial charge in [0.2, 0.25) is 0 Å². The predicted octanol–water partition coefficient (Wildman–Crippen LogP) is 7.39. The molecule has 11 heteroatoms. The number of allylic oxidation sites excluding steroid dienone is 2. The van der Waals surface area contributed by atoms with Gasteiger partial charge in [-0.25, -0.2) is 4.79 Å². The summed E-state index contributed by atoms with van der Waals surface area (Å²) in [5.41, 5.74) is 24.1. The van der Waals surface area contributed by atoms with Crippen LogP contribution in [0.4, 0.5) is 17.1 Å². The molecule has 0 radical (unpaired) electrons. The summed E-state index contributed by atoms with van der Waals surface area (Å²) < 4.78 is 0. The van der Waals surface area contributed by atoms with Crippen molar-refractivity contribution in [2.45, 2.75) is 6.10 Å². The number of azide groups is 2. The zero-order valence-electron chi connectivity index (χ0n) is 19.8. The maximum atomic E-state index is 12.1. The molecule has 2 N–H and O–H groups in total. The molecule has 3 aromatic carbocycles. The Bertz CT molecular complexity index is 1550. The molecule has 0 saturated heterocycles. The number of hydrogen-bond donors (Lipinski definition) is 2. The Balaban J connectivity index is 1.75. The lowest BCUT2D eigenvalue weighted by atomic mass is 9.92. The maximum Gasteiger partial charge on any atom is 0.334 e. The van der Waals surface area contributed by atoms with Gasteiger partial charge in [0.05, 0.1) is 17.0 Å². The molecule has 1 unspecified atom stereocenters. The van der Waals surface area contributed by atoms with E-state index in [2.05, 4.69) is 30.5 Å². The summed E-state index contributed by atoms with van der Waals surface area (Å²) in [5.74, 6) is -1.15. The second-order valence-electron chi connectivity index (χ2n) is 7.87. The minimum atomic E-state index is -1.15. The van der Waals surface area contributed by atoms with Crippen LogP contribution in [-0.2, 0) is 9.63 Å². The quantitative estimate of drug-likeness (QED) is 0.102. The summed E-state index contributed by atoms with van der Waals surface area (Å²) in [5, 5.41) is 17.1. The molecule has 1 aliphatic carbocycles. The third-order valence-electron chi connectivity index (χ3n) is 5.36. The van der Waals surface area contributed by atoms with Crippen molar-refractivity contribution in [3.8, 4) is 0 Å². The molecule has 1 atom stereocenters. The van der Waals surface area contributed by atoms with Crippen molar-refractivity contribution in [2.24, 2.45) is 15.2 Å². The normalized spacial score (nSPS) is 15.7. The Hall–Kier alpha value is -5.60. The largest absolute Gasteiger partial charge is 0.478 e. The van der Waals surface area contributed by atoms with Gasteiger partial charge in [-0.05, 0) is 58.6 Å². The number of rotatable bonds is 9. The first-order valence-electron chi connectivity index (χ1n) is 11.3. The monoisotopic (exact) mass is 504 g/mol. The van der Waals surface area contributed by atoms with Gasteiger partial charge in [-0.1, -0.05) is 70.9 Å². The van der Waals surface area contributed by atoms with Gasteiger partial charge in [-0.15, -0.1) is 0 Å². The number of para-hydroxylation sites is 1. The first kappa shape index (κ1) is 25.5. The summed E-state index contributed by atoms with van der Waals surface area (Å²) in [6, 6.07) is 22.7. The topological polar surface area (TPSA) is 168 Å². The number of carbonyl (C=O) groups is 1. The summed E-state index contributed by atoms with van der Waals surface area (Å²) >= 11 is 0. The van der Waals surface area contributed by atoms with E-state index in [-0.39, 0.29) is 5.57 Å². The number of aliphatic imine (C=N–C) groups is 1. The van der Waals surface area contributed by atoms with Crippen molar-refractivity contribution in [1.29, 1.82) is 0 Å². The molecular formula is C27H20N8O3. The predicted molar refractivity (Wildman–Crippen MR) is 145 cm³/mol. The van der Waals surface area contributed by atoms with Gasteiger partial charge < -0.3 is 5.11 Å². The molecule has 0 aromatic heterocycles. The third kappa shape index (κ3) is 6.54. The van der Waals surface area contributed by atoms with Crippen molar-refractivity contribution in [2.75, 3.05) is 5.48 Å². The van der Waals surface area contributed by atoms with Crippen LogP contribution in [0.25, 0.3) is 27.0 Å². The number of hydrogen-bond acceptors (Lipinski definition) is 6. The number of nitrogens with one attached hydrogen (secondary N) is 1. The number of aliphatic carboxylic acids is 1. The van der Waals surface area contributed by atoms with Crippen LogP contribution >= 0.6 is 0 Å². The maximum absolute atomic E-state index is 12.1. The van der Waals surface area contributed by atoms with Crippen molar-refractivity contribution in [1.82, 2.24) is 0 Å². The van der Waals surface area contributed by atoms with Crippen LogP contribution in [0, 0.1) is 0 Å². The SMILES string of the molecule is [N-]=[N+]=Nc1ccc(C=NC2=CC=C(C(=O)O)C(ONc3ccccc3)C2=Cc2cccc(N=[N+]=[N-])c2)cc1. The van der Waals surface area contributed by atoms with E-state index in [1.807, 2.05) is 18.2 Å². The van der Waals surface area contributed by atoms with E-state index in [9.17, 15) is 9.90 Å². The van der Waals surface area contributed by atoms with Gasteiger partial charge in [0, 0.05) is 33.0 Å². The average molecular weight is 505 g/mol. The van der Waals surface area contributed by atoms with Gasteiger partial charge >= 0.3 is 5.97 Å². The molecule has 0 saturated carbocycles. The van der Waals surface area contributed by atoms with Gasteiger partial charge in [0.1, 0.15) is 6.10 Å². The molecule has 186 valence electrons. The molecule has 4 rings (SSSR count). The van der Waals surface area contributed by atoms with Crippen LogP contribution < -0.4 is 5.48 Å². The minimum Gasteiger partial charge on any atom is -0.478 e. The highest BCUT2D eigenvalue weighted by molar-refractivity contribution is 5.91. The smallest absolute Gasteiger partial charge is 0.334 e. The molecule has 1 aliphatic rings. The van der Waals surface area contributed by atoms with Gasteiger partial charge in [-0.2, -0.15) is 0 Å². The van der Waals surface area contributed by atoms with Crippen molar-refractivity contribution >= 4 is 35.3 Å². The summed E-state index contributed by atoms with van der Waals surface area (Å²) in [6.07, 6.45) is 5.36. The Morgan fingerprint density at radius 3 is 2.34 bits per heavy atom. The van der Waals surface area contributed by atoms with Crippen LogP contribution in [0.3, 0.4) is 0 Å². The van der Waals surface area contributed by atoms with E-state index in [1.165, 1.54) is 6.08 Å². The average Bonchev–Trinajstić information content (AvgIpc) is 2.93. The molecular weight excluding hydrogens is 484 g/mol. The highest BCUT2D eigenvalue weighted by atomic mass is 16.7. The molecule has 0 amide bonds. The van der Waals surface area contributed by atoms with Crippen molar-refractivity contribution in [3.63, 3.8) is 0 Å². The van der Waals surface area contributed by atoms with Crippen LogP contribution in [0.5, 0.6) is 0 Å².